The molecule has 4 nitrogen and oxygen atoms in total. The van der Waals surface area contributed by atoms with E-state index in [-0.39, 0.29) is 12.5 Å². The van der Waals surface area contributed by atoms with E-state index in [4.69, 9.17) is 4.74 Å². The van der Waals surface area contributed by atoms with E-state index in [1.807, 2.05) is 78.9 Å². The summed E-state index contributed by atoms with van der Waals surface area (Å²) in [6, 6.07) is 29.3. The molecule has 0 aromatic heterocycles. The Hall–Kier alpha value is -3.11. The van der Waals surface area contributed by atoms with Crippen molar-refractivity contribution in [2.75, 3.05) is 0 Å². The molecule has 0 unspecified atom stereocenters. The normalized spacial score (nSPS) is 13.7. The van der Waals surface area contributed by atoms with Crippen molar-refractivity contribution in [2.24, 2.45) is 5.92 Å². The van der Waals surface area contributed by atoms with Crippen molar-refractivity contribution >= 4 is 6.09 Å². The number of carbonyl (C=O) groups is 1. The lowest BCUT2D eigenvalue weighted by atomic mass is 9.90. The first-order valence-corrected chi connectivity index (χ1v) is 10.8. The van der Waals surface area contributed by atoms with Gasteiger partial charge in [-0.25, -0.2) is 4.79 Å². The van der Waals surface area contributed by atoms with Crippen LogP contribution in [0.15, 0.2) is 91.0 Å². The highest BCUT2D eigenvalue weighted by Crippen LogP contribution is 2.18. The summed E-state index contributed by atoms with van der Waals surface area (Å²) in [6.07, 6.45) is 0.822. The predicted molar refractivity (Wildman–Crippen MR) is 124 cm³/mol. The number of benzene rings is 3. The minimum atomic E-state index is -0.678. The van der Waals surface area contributed by atoms with Crippen LogP contribution >= 0.6 is 0 Å². The standard InChI is InChI=1S/C27H31NO3/c1-21(17-22-11-5-2-6-12-22)18-26(29)25(19-23-13-7-3-8-14-23)28-27(30)31-20-24-15-9-4-10-16-24/h2-16,21,25-26,29H,17-20H2,1H3,(H,28,30)/t21-,25-,26-/m0/s1. The molecule has 3 aromatic carbocycles. The van der Waals surface area contributed by atoms with Gasteiger partial charge in [0.1, 0.15) is 6.61 Å². The average molecular weight is 418 g/mol. The second-order valence-corrected chi connectivity index (χ2v) is 8.10. The molecule has 0 bridgehead atoms. The molecule has 0 aliphatic heterocycles. The second-order valence-electron chi connectivity index (χ2n) is 8.10. The third kappa shape index (κ3) is 7.91. The van der Waals surface area contributed by atoms with Crippen LogP contribution in [-0.2, 0) is 24.2 Å². The monoisotopic (exact) mass is 417 g/mol. The highest BCUT2D eigenvalue weighted by atomic mass is 16.5. The summed E-state index contributed by atoms with van der Waals surface area (Å²) in [5.41, 5.74) is 3.23. The first-order valence-electron chi connectivity index (χ1n) is 10.8. The molecule has 3 atom stereocenters. The number of ether oxygens (including phenoxy) is 1. The molecule has 1 amide bonds. The highest BCUT2D eigenvalue weighted by Gasteiger charge is 2.24. The maximum Gasteiger partial charge on any atom is 0.407 e. The minimum Gasteiger partial charge on any atom is -0.445 e. The van der Waals surface area contributed by atoms with Crippen LogP contribution < -0.4 is 5.32 Å². The number of rotatable bonds is 10. The zero-order valence-corrected chi connectivity index (χ0v) is 18.0. The van der Waals surface area contributed by atoms with E-state index in [1.165, 1.54) is 5.56 Å². The Kier molecular flexibility index (Phi) is 8.68. The molecule has 0 spiro atoms. The van der Waals surface area contributed by atoms with Gasteiger partial charge in [-0.15, -0.1) is 0 Å². The van der Waals surface area contributed by atoms with E-state index in [0.29, 0.717) is 12.8 Å². The van der Waals surface area contributed by atoms with Gasteiger partial charge in [-0.05, 0) is 41.9 Å². The lowest BCUT2D eigenvalue weighted by Crippen LogP contribution is -2.45. The fraction of sp³-hybridized carbons (Fsp3) is 0.296. The van der Waals surface area contributed by atoms with Crippen molar-refractivity contribution in [1.82, 2.24) is 5.32 Å². The second kappa shape index (κ2) is 11.9. The maximum absolute atomic E-state index is 12.5. The fourth-order valence-electron chi connectivity index (χ4n) is 3.74. The van der Waals surface area contributed by atoms with Crippen molar-refractivity contribution in [3.8, 4) is 0 Å². The first-order chi connectivity index (χ1) is 15.1. The Morgan fingerprint density at radius 1 is 0.806 bits per heavy atom. The SMILES string of the molecule is C[C@@H](Cc1ccccc1)C[C@H](O)[C@H](Cc1ccccc1)NC(=O)OCc1ccccc1. The van der Waals surface area contributed by atoms with Gasteiger partial charge in [-0.1, -0.05) is 97.9 Å². The number of hydrogen-bond donors (Lipinski definition) is 2. The molecule has 0 saturated heterocycles. The van der Waals surface area contributed by atoms with Gasteiger partial charge in [-0.2, -0.15) is 0 Å². The van der Waals surface area contributed by atoms with Gasteiger partial charge >= 0.3 is 6.09 Å². The molecule has 3 aromatic rings. The Labute approximate surface area is 184 Å². The summed E-state index contributed by atoms with van der Waals surface area (Å²) in [6.45, 7) is 2.33. The van der Waals surface area contributed by atoms with Crippen molar-refractivity contribution in [3.05, 3.63) is 108 Å². The van der Waals surface area contributed by atoms with E-state index in [9.17, 15) is 9.90 Å². The summed E-state index contributed by atoms with van der Waals surface area (Å²) < 4.78 is 5.39. The Morgan fingerprint density at radius 3 is 1.84 bits per heavy atom. The number of hydrogen-bond acceptors (Lipinski definition) is 3. The number of aliphatic hydroxyl groups is 1. The molecular weight excluding hydrogens is 386 g/mol. The van der Waals surface area contributed by atoms with E-state index in [0.717, 1.165) is 17.5 Å². The lowest BCUT2D eigenvalue weighted by Gasteiger charge is -2.26. The summed E-state index contributed by atoms with van der Waals surface area (Å²) in [5, 5.41) is 13.9. The zero-order valence-electron chi connectivity index (χ0n) is 18.0. The van der Waals surface area contributed by atoms with Crippen LogP contribution in [0.5, 0.6) is 0 Å². The molecule has 2 N–H and O–H groups in total. The van der Waals surface area contributed by atoms with Crippen molar-refractivity contribution in [1.29, 1.82) is 0 Å². The summed E-state index contributed by atoms with van der Waals surface area (Å²) in [7, 11) is 0. The van der Waals surface area contributed by atoms with Gasteiger partial charge in [0.15, 0.2) is 0 Å². The third-order valence-corrected chi connectivity index (χ3v) is 5.35. The first kappa shape index (κ1) is 22.6. The molecule has 0 fully saturated rings. The van der Waals surface area contributed by atoms with Crippen molar-refractivity contribution in [2.45, 2.75) is 44.9 Å². The Bertz CT molecular complexity index is 900. The van der Waals surface area contributed by atoms with Crippen LogP contribution in [0.4, 0.5) is 4.79 Å². The third-order valence-electron chi connectivity index (χ3n) is 5.35. The quantitative estimate of drug-likeness (QED) is 0.479. The molecule has 162 valence electrons. The van der Waals surface area contributed by atoms with Gasteiger partial charge in [0.2, 0.25) is 0 Å². The molecule has 0 saturated carbocycles. The Balaban J connectivity index is 1.59. The summed E-state index contributed by atoms with van der Waals surface area (Å²) in [5.74, 6) is 0.276. The molecule has 0 heterocycles. The Morgan fingerprint density at radius 2 is 1.29 bits per heavy atom. The molecule has 4 heteroatoms. The molecular formula is C27H31NO3. The smallest absolute Gasteiger partial charge is 0.407 e. The highest BCUT2D eigenvalue weighted by molar-refractivity contribution is 5.67. The van der Waals surface area contributed by atoms with Gasteiger partial charge < -0.3 is 15.2 Å². The van der Waals surface area contributed by atoms with Gasteiger partial charge in [0.25, 0.3) is 0 Å². The average Bonchev–Trinajstić information content (AvgIpc) is 2.79. The van der Waals surface area contributed by atoms with Crippen LogP contribution in [0.1, 0.15) is 30.0 Å². The van der Waals surface area contributed by atoms with Crippen LogP contribution in [0, 0.1) is 5.92 Å². The van der Waals surface area contributed by atoms with Gasteiger partial charge in [-0.3, -0.25) is 0 Å². The minimum absolute atomic E-state index is 0.200. The molecule has 0 radical (unpaired) electrons. The number of alkyl carbamates (subject to hydrolysis) is 1. The van der Waals surface area contributed by atoms with E-state index >= 15 is 0 Å². The summed E-state index contributed by atoms with van der Waals surface area (Å²) in [4.78, 5) is 12.5. The number of aliphatic hydroxyl groups excluding tert-OH is 1. The predicted octanol–water partition coefficient (Wildman–Crippen LogP) is 5.15. The van der Waals surface area contributed by atoms with Crippen molar-refractivity contribution < 1.29 is 14.6 Å². The largest absolute Gasteiger partial charge is 0.445 e. The topological polar surface area (TPSA) is 58.6 Å². The number of carbonyl (C=O) groups excluding carboxylic acids is 1. The van der Waals surface area contributed by atoms with Crippen LogP contribution in [0.3, 0.4) is 0 Å². The van der Waals surface area contributed by atoms with Crippen LogP contribution in [0.2, 0.25) is 0 Å². The lowest BCUT2D eigenvalue weighted by molar-refractivity contribution is 0.0870. The van der Waals surface area contributed by atoms with E-state index in [1.54, 1.807) is 0 Å². The molecule has 0 aliphatic carbocycles. The van der Waals surface area contributed by atoms with Crippen LogP contribution in [-0.4, -0.2) is 23.3 Å². The molecule has 3 rings (SSSR count). The zero-order chi connectivity index (χ0) is 21.9. The number of amides is 1. The van der Waals surface area contributed by atoms with E-state index in [2.05, 4.69) is 24.4 Å². The summed E-state index contributed by atoms with van der Waals surface area (Å²) >= 11 is 0. The van der Waals surface area contributed by atoms with E-state index < -0.39 is 18.2 Å². The fourth-order valence-corrected chi connectivity index (χ4v) is 3.74. The van der Waals surface area contributed by atoms with Gasteiger partial charge in [0.05, 0.1) is 12.1 Å². The number of nitrogens with one attached hydrogen (secondary N) is 1. The molecule has 31 heavy (non-hydrogen) atoms. The molecule has 0 aliphatic rings. The maximum atomic E-state index is 12.5. The van der Waals surface area contributed by atoms with Gasteiger partial charge in [0, 0.05) is 0 Å². The van der Waals surface area contributed by atoms with Crippen LogP contribution in [0.25, 0.3) is 0 Å². The van der Waals surface area contributed by atoms with Crippen molar-refractivity contribution in [3.63, 3.8) is 0 Å².